The molecule has 0 spiro atoms. The van der Waals surface area contributed by atoms with Crippen molar-refractivity contribution in [2.75, 3.05) is 24.5 Å². The summed E-state index contributed by atoms with van der Waals surface area (Å²) in [6.45, 7) is 5.11. The van der Waals surface area contributed by atoms with Crippen molar-refractivity contribution in [2.45, 2.75) is 13.8 Å². The minimum atomic E-state index is -0.0936. The van der Waals surface area contributed by atoms with Gasteiger partial charge in [-0.1, -0.05) is 0 Å². The second kappa shape index (κ2) is 6.43. The van der Waals surface area contributed by atoms with Crippen LogP contribution in [0.15, 0.2) is 12.3 Å². The van der Waals surface area contributed by atoms with Crippen LogP contribution in [-0.2, 0) is 4.79 Å². The van der Waals surface area contributed by atoms with E-state index in [-0.39, 0.29) is 12.5 Å². The lowest BCUT2D eigenvalue weighted by Gasteiger charge is -2.21. The summed E-state index contributed by atoms with van der Waals surface area (Å²) in [4.78, 5) is 13.2. The van der Waals surface area contributed by atoms with Crippen LogP contribution in [0.5, 0.6) is 0 Å². The first-order chi connectivity index (χ1) is 8.22. The molecule has 90 valence electrons. The molecule has 6 nitrogen and oxygen atoms in total. The van der Waals surface area contributed by atoms with Crippen molar-refractivity contribution < 1.29 is 4.79 Å². The van der Waals surface area contributed by atoms with Crippen molar-refractivity contribution in [3.8, 4) is 6.07 Å². The maximum atomic E-state index is 11.5. The molecule has 0 aromatic carbocycles. The summed E-state index contributed by atoms with van der Waals surface area (Å²) >= 11 is 0. The minimum Gasteiger partial charge on any atom is -0.355 e. The molecule has 0 unspecified atom stereocenters. The number of carbonyl (C=O) groups is 1. The molecule has 1 N–H and O–H groups in total. The molecule has 1 heterocycles. The standard InChI is InChI=1S/C11H15N5O/c1-3-13-10(17)8-16(4-2)11-9(7-12)5-6-14-15-11/h5-6H,3-4,8H2,1-2H3,(H,13,17). The van der Waals surface area contributed by atoms with Crippen LogP contribution in [0, 0.1) is 11.3 Å². The Morgan fingerprint density at radius 1 is 1.59 bits per heavy atom. The van der Waals surface area contributed by atoms with E-state index < -0.39 is 0 Å². The highest BCUT2D eigenvalue weighted by molar-refractivity contribution is 5.81. The molecule has 1 aromatic rings. The molecule has 0 aliphatic rings. The fourth-order valence-electron chi connectivity index (χ4n) is 1.41. The molecule has 0 bridgehead atoms. The van der Waals surface area contributed by atoms with Crippen molar-refractivity contribution in [1.82, 2.24) is 15.5 Å². The number of hydrogen-bond donors (Lipinski definition) is 1. The second-order valence-corrected chi connectivity index (χ2v) is 3.35. The van der Waals surface area contributed by atoms with Crippen molar-refractivity contribution in [3.05, 3.63) is 17.8 Å². The van der Waals surface area contributed by atoms with Crippen molar-refractivity contribution in [1.29, 1.82) is 5.26 Å². The van der Waals surface area contributed by atoms with Crippen LogP contribution in [0.3, 0.4) is 0 Å². The van der Waals surface area contributed by atoms with Gasteiger partial charge in [0.2, 0.25) is 5.91 Å². The summed E-state index contributed by atoms with van der Waals surface area (Å²) in [6, 6.07) is 3.63. The van der Waals surface area contributed by atoms with Gasteiger partial charge in [-0.2, -0.15) is 10.4 Å². The van der Waals surface area contributed by atoms with Crippen LogP contribution < -0.4 is 10.2 Å². The first-order valence-corrected chi connectivity index (χ1v) is 5.46. The molecule has 17 heavy (non-hydrogen) atoms. The summed E-state index contributed by atoms with van der Waals surface area (Å²) in [6.07, 6.45) is 1.46. The van der Waals surface area contributed by atoms with Gasteiger partial charge in [0.15, 0.2) is 5.82 Å². The third-order valence-electron chi connectivity index (χ3n) is 2.21. The van der Waals surface area contributed by atoms with E-state index in [1.807, 2.05) is 19.9 Å². The molecular weight excluding hydrogens is 218 g/mol. The highest BCUT2D eigenvalue weighted by Gasteiger charge is 2.14. The smallest absolute Gasteiger partial charge is 0.239 e. The summed E-state index contributed by atoms with van der Waals surface area (Å²) in [5.41, 5.74) is 0.422. The van der Waals surface area contributed by atoms with Gasteiger partial charge in [-0.25, -0.2) is 0 Å². The van der Waals surface area contributed by atoms with E-state index >= 15 is 0 Å². The van der Waals surface area contributed by atoms with Gasteiger partial charge in [-0.3, -0.25) is 4.79 Å². The number of nitrogens with zero attached hydrogens (tertiary/aromatic N) is 4. The fourth-order valence-corrected chi connectivity index (χ4v) is 1.41. The van der Waals surface area contributed by atoms with Crippen molar-refractivity contribution in [2.24, 2.45) is 0 Å². The lowest BCUT2D eigenvalue weighted by atomic mass is 10.3. The molecule has 0 aliphatic carbocycles. The Kier molecular flexibility index (Phi) is 4.88. The predicted octanol–water partition coefficient (Wildman–Crippen LogP) is 0.311. The van der Waals surface area contributed by atoms with Gasteiger partial charge in [-0.05, 0) is 19.9 Å². The van der Waals surface area contributed by atoms with Gasteiger partial charge >= 0.3 is 0 Å². The molecule has 0 saturated carbocycles. The molecule has 0 radical (unpaired) electrons. The summed E-state index contributed by atoms with van der Waals surface area (Å²) < 4.78 is 0. The summed E-state index contributed by atoms with van der Waals surface area (Å²) in [5.74, 6) is 0.354. The molecule has 0 fully saturated rings. The maximum Gasteiger partial charge on any atom is 0.239 e. The largest absolute Gasteiger partial charge is 0.355 e. The van der Waals surface area contributed by atoms with E-state index in [2.05, 4.69) is 15.5 Å². The number of aromatic nitrogens is 2. The molecule has 0 atom stereocenters. The Hall–Kier alpha value is -2.16. The molecule has 0 aliphatic heterocycles. The van der Waals surface area contributed by atoms with Crippen LogP contribution >= 0.6 is 0 Å². The Morgan fingerprint density at radius 3 is 2.94 bits per heavy atom. The SMILES string of the molecule is CCNC(=O)CN(CC)c1nnccc1C#N. The van der Waals surface area contributed by atoms with Gasteiger partial charge < -0.3 is 10.2 Å². The number of nitrogens with one attached hydrogen (secondary N) is 1. The summed E-state index contributed by atoms with van der Waals surface area (Å²) in [5, 5.41) is 19.3. The number of anilines is 1. The van der Waals surface area contributed by atoms with E-state index in [0.717, 1.165) is 0 Å². The number of hydrogen-bond acceptors (Lipinski definition) is 5. The Balaban J connectivity index is 2.87. The van der Waals surface area contributed by atoms with Crippen LogP contribution in [0.2, 0.25) is 0 Å². The normalized spacial score (nSPS) is 9.47. The van der Waals surface area contributed by atoms with Gasteiger partial charge in [0, 0.05) is 13.1 Å². The van der Waals surface area contributed by atoms with Gasteiger partial charge in [0.1, 0.15) is 6.07 Å². The van der Waals surface area contributed by atoms with E-state index in [9.17, 15) is 4.79 Å². The summed E-state index contributed by atoms with van der Waals surface area (Å²) in [7, 11) is 0. The lowest BCUT2D eigenvalue weighted by molar-refractivity contribution is -0.119. The molecule has 1 aromatic heterocycles. The van der Waals surface area contributed by atoms with Gasteiger partial charge in [0.05, 0.1) is 18.3 Å². The van der Waals surface area contributed by atoms with E-state index in [1.54, 1.807) is 11.0 Å². The number of carbonyl (C=O) groups excluding carboxylic acids is 1. The topological polar surface area (TPSA) is 81.9 Å². The van der Waals surface area contributed by atoms with E-state index in [4.69, 9.17) is 5.26 Å². The highest BCUT2D eigenvalue weighted by Crippen LogP contribution is 2.14. The Morgan fingerprint density at radius 2 is 2.35 bits per heavy atom. The zero-order valence-corrected chi connectivity index (χ0v) is 9.97. The van der Waals surface area contributed by atoms with Crippen molar-refractivity contribution in [3.63, 3.8) is 0 Å². The average Bonchev–Trinajstić information content (AvgIpc) is 2.36. The Bertz CT molecular complexity index is 426. The molecule has 0 saturated heterocycles. The quantitative estimate of drug-likeness (QED) is 0.791. The minimum absolute atomic E-state index is 0.0936. The van der Waals surface area contributed by atoms with Gasteiger partial charge in [0.25, 0.3) is 0 Å². The van der Waals surface area contributed by atoms with E-state index in [0.29, 0.717) is 24.5 Å². The van der Waals surface area contributed by atoms with Crippen LogP contribution in [0.1, 0.15) is 19.4 Å². The number of nitriles is 1. The average molecular weight is 233 g/mol. The molecule has 1 rings (SSSR count). The predicted molar refractivity (Wildman–Crippen MR) is 63.3 cm³/mol. The number of likely N-dealkylation sites (N-methyl/N-ethyl adjacent to an activating group) is 2. The lowest BCUT2D eigenvalue weighted by Crippen LogP contribution is -2.38. The third kappa shape index (κ3) is 3.41. The monoisotopic (exact) mass is 233 g/mol. The Labute approximate surface area is 100 Å². The van der Waals surface area contributed by atoms with Crippen LogP contribution in [-0.4, -0.2) is 35.7 Å². The first-order valence-electron chi connectivity index (χ1n) is 5.46. The second-order valence-electron chi connectivity index (χ2n) is 3.35. The zero-order valence-electron chi connectivity index (χ0n) is 9.97. The first kappa shape index (κ1) is 12.9. The molecular formula is C11H15N5O. The highest BCUT2D eigenvalue weighted by atomic mass is 16.2. The van der Waals surface area contributed by atoms with E-state index in [1.165, 1.54) is 6.20 Å². The maximum absolute atomic E-state index is 11.5. The molecule has 1 amide bonds. The number of rotatable bonds is 5. The number of amides is 1. The zero-order chi connectivity index (χ0) is 12.7. The molecule has 6 heteroatoms. The third-order valence-corrected chi connectivity index (χ3v) is 2.21. The fraction of sp³-hybridized carbons (Fsp3) is 0.455. The van der Waals surface area contributed by atoms with Crippen LogP contribution in [0.25, 0.3) is 0 Å². The van der Waals surface area contributed by atoms with Gasteiger partial charge in [-0.15, -0.1) is 5.10 Å². The van der Waals surface area contributed by atoms with Crippen molar-refractivity contribution >= 4 is 11.7 Å². The van der Waals surface area contributed by atoms with Crippen LogP contribution in [0.4, 0.5) is 5.82 Å².